The van der Waals surface area contributed by atoms with E-state index < -0.39 is 4.92 Å². The van der Waals surface area contributed by atoms with E-state index in [1.165, 1.54) is 6.07 Å². The van der Waals surface area contributed by atoms with Crippen LogP contribution in [0.5, 0.6) is 0 Å². The first-order valence-corrected chi connectivity index (χ1v) is 6.39. The Bertz CT molecular complexity index is 546. The first kappa shape index (κ1) is 13.3. The summed E-state index contributed by atoms with van der Waals surface area (Å²) in [4.78, 5) is 10.6. The molecule has 0 aromatic heterocycles. The Morgan fingerprint density at radius 3 is 2.79 bits per heavy atom. The lowest BCUT2D eigenvalue weighted by molar-refractivity contribution is -0.384. The Labute approximate surface area is 112 Å². The molecule has 5 heteroatoms. The van der Waals surface area contributed by atoms with Crippen LogP contribution in [0.4, 0.5) is 11.4 Å². The van der Waals surface area contributed by atoms with Crippen LogP contribution in [0.3, 0.4) is 0 Å². The Kier molecular flexibility index (Phi) is 3.43. The van der Waals surface area contributed by atoms with Gasteiger partial charge in [0.05, 0.1) is 16.6 Å². The van der Waals surface area contributed by atoms with Crippen molar-refractivity contribution < 1.29 is 4.92 Å². The van der Waals surface area contributed by atoms with Gasteiger partial charge in [0, 0.05) is 12.1 Å². The summed E-state index contributed by atoms with van der Waals surface area (Å²) < 4.78 is 0. The van der Waals surface area contributed by atoms with Crippen molar-refractivity contribution in [2.45, 2.75) is 39.2 Å². The molecule has 0 spiro atoms. The molecule has 100 valence electrons. The van der Waals surface area contributed by atoms with E-state index in [0.717, 1.165) is 19.3 Å². The van der Waals surface area contributed by atoms with E-state index in [1.807, 2.05) is 6.07 Å². The number of hydrogen-bond acceptors (Lipinski definition) is 4. The SMILES string of the molecule is CC1(C)CCCC1Nc1ccc(C#N)cc1[N+](=O)[O-]. The Balaban J connectivity index is 2.30. The number of rotatable bonds is 3. The van der Waals surface area contributed by atoms with Crippen molar-refractivity contribution in [2.75, 3.05) is 5.32 Å². The summed E-state index contributed by atoms with van der Waals surface area (Å²) >= 11 is 0. The van der Waals surface area contributed by atoms with Crippen LogP contribution in [0.1, 0.15) is 38.7 Å². The number of hydrogen-bond donors (Lipinski definition) is 1. The zero-order chi connectivity index (χ0) is 14.0. The number of nitrogens with zero attached hydrogens (tertiary/aromatic N) is 2. The van der Waals surface area contributed by atoms with Gasteiger partial charge in [0.1, 0.15) is 5.69 Å². The quantitative estimate of drug-likeness (QED) is 0.666. The summed E-state index contributed by atoms with van der Waals surface area (Å²) in [6.45, 7) is 4.35. The van der Waals surface area contributed by atoms with Crippen LogP contribution in [0.25, 0.3) is 0 Å². The third-order valence-corrected chi connectivity index (χ3v) is 3.91. The predicted octanol–water partition coefficient (Wildman–Crippen LogP) is 3.46. The molecule has 1 aliphatic carbocycles. The van der Waals surface area contributed by atoms with Crippen molar-refractivity contribution in [3.8, 4) is 6.07 Å². The summed E-state index contributed by atoms with van der Waals surface area (Å²) in [5.74, 6) is 0. The first-order valence-electron chi connectivity index (χ1n) is 6.39. The van der Waals surface area contributed by atoms with Crippen molar-refractivity contribution in [1.82, 2.24) is 0 Å². The number of nitro benzene ring substituents is 1. The monoisotopic (exact) mass is 259 g/mol. The molecule has 5 nitrogen and oxygen atoms in total. The highest BCUT2D eigenvalue weighted by Crippen LogP contribution is 2.40. The van der Waals surface area contributed by atoms with Crippen LogP contribution < -0.4 is 5.32 Å². The molecule has 0 saturated heterocycles. The molecule has 1 atom stereocenters. The number of nitrogens with one attached hydrogen (secondary N) is 1. The van der Waals surface area contributed by atoms with Crippen LogP contribution >= 0.6 is 0 Å². The molecular weight excluding hydrogens is 242 g/mol. The van der Waals surface area contributed by atoms with Gasteiger partial charge in [-0.3, -0.25) is 10.1 Å². The fraction of sp³-hybridized carbons (Fsp3) is 0.500. The van der Waals surface area contributed by atoms with Crippen LogP contribution in [-0.4, -0.2) is 11.0 Å². The van der Waals surface area contributed by atoms with E-state index >= 15 is 0 Å². The highest BCUT2D eigenvalue weighted by Gasteiger charge is 2.35. The second-order valence-electron chi connectivity index (χ2n) is 5.68. The fourth-order valence-corrected chi connectivity index (χ4v) is 2.66. The molecule has 0 aliphatic heterocycles. The van der Waals surface area contributed by atoms with Crippen molar-refractivity contribution >= 4 is 11.4 Å². The van der Waals surface area contributed by atoms with Gasteiger partial charge in [-0.1, -0.05) is 20.3 Å². The maximum absolute atomic E-state index is 11.1. The molecule has 1 aliphatic rings. The van der Waals surface area contributed by atoms with E-state index in [0.29, 0.717) is 11.3 Å². The standard InChI is InChI=1S/C14H17N3O2/c1-14(2)7-3-4-13(14)16-11-6-5-10(9-15)8-12(11)17(18)19/h5-6,8,13,16H,3-4,7H2,1-2H3. The molecule has 19 heavy (non-hydrogen) atoms. The largest absolute Gasteiger partial charge is 0.376 e. The van der Waals surface area contributed by atoms with Crippen LogP contribution in [0.2, 0.25) is 0 Å². The van der Waals surface area contributed by atoms with E-state index in [2.05, 4.69) is 19.2 Å². The summed E-state index contributed by atoms with van der Waals surface area (Å²) in [5.41, 5.74) is 0.926. The molecule has 1 unspecified atom stereocenters. The van der Waals surface area contributed by atoms with Crippen molar-refractivity contribution in [3.63, 3.8) is 0 Å². The smallest absolute Gasteiger partial charge is 0.293 e. The Morgan fingerprint density at radius 1 is 1.53 bits per heavy atom. The van der Waals surface area contributed by atoms with Gasteiger partial charge < -0.3 is 5.32 Å². The molecular formula is C14H17N3O2. The third kappa shape index (κ3) is 2.68. The first-order chi connectivity index (χ1) is 8.94. The Morgan fingerprint density at radius 2 is 2.26 bits per heavy atom. The van der Waals surface area contributed by atoms with Gasteiger partial charge >= 0.3 is 0 Å². The average Bonchev–Trinajstić information content (AvgIpc) is 2.69. The lowest BCUT2D eigenvalue weighted by Gasteiger charge is -2.28. The maximum atomic E-state index is 11.1. The van der Waals surface area contributed by atoms with Crippen molar-refractivity contribution in [3.05, 3.63) is 33.9 Å². The van der Waals surface area contributed by atoms with Gasteiger partial charge in [0.15, 0.2) is 0 Å². The number of benzene rings is 1. The van der Waals surface area contributed by atoms with E-state index in [-0.39, 0.29) is 17.1 Å². The number of nitriles is 1. The number of nitro groups is 1. The lowest BCUT2D eigenvalue weighted by Crippen LogP contribution is -2.31. The number of anilines is 1. The molecule has 1 N–H and O–H groups in total. The minimum absolute atomic E-state index is 0.0262. The normalized spacial score (nSPS) is 20.8. The van der Waals surface area contributed by atoms with Gasteiger partial charge in [-0.05, 0) is 30.4 Å². The third-order valence-electron chi connectivity index (χ3n) is 3.91. The van der Waals surface area contributed by atoms with Gasteiger partial charge in [-0.2, -0.15) is 5.26 Å². The molecule has 1 fully saturated rings. The fourth-order valence-electron chi connectivity index (χ4n) is 2.66. The summed E-state index contributed by atoms with van der Waals surface area (Å²) in [6, 6.07) is 6.72. The molecule has 2 rings (SSSR count). The summed E-state index contributed by atoms with van der Waals surface area (Å²) in [5, 5.41) is 23.2. The van der Waals surface area contributed by atoms with Gasteiger partial charge in [0.2, 0.25) is 0 Å². The molecule has 1 aromatic rings. The average molecular weight is 259 g/mol. The highest BCUT2D eigenvalue weighted by atomic mass is 16.6. The zero-order valence-electron chi connectivity index (χ0n) is 11.1. The maximum Gasteiger partial charge on any atom is 0.293 e. The molecule has 0 bridgehead atoms. The predicted molar refractivity (Wildman–Crippen MR) is 72.9 cm³/mol. The summed E-state index contributed by atoms with van der Waals surface area (Å²) in [6.07, 6.45) is 3.27. The van der Waals surface area contributed by atoms with Crippen molar-refractivity contribution in [1.29, 1.82) is 5.26 Å². The Hall–Kier alpha value is -2.09. The van der Waals surface area contributed by atoms with Gasteiger partial charge in [-0.15, -0.1) is 0 Å². The minimum atomic E-state index is -0.439. The summed E-state index contributed by atoms with van der Waals surface area (Å²) in [7, 11) is 0. The van der Waals surface area contributed by atoms with Crippen LogP contribution in [0, 0.1) is 26.9 Å². The zero-order valence-corrected chi connectivity index (χ0v) is 11.1. The molecule has 1 aromatic carbocycles. The van der Waals surface area contributed by atoms with Crippen molar-refractivity contribution in [2.24, 2.45) is 5.41 Å². The van der Waals surface area contributed by atoms with Crippen LogP contribution in [0.15, 0.2) is 18.2 Å². The molecule has 0 radical (unpaired) electrons. The van der Waals surface area contributed by atoms with Gasteiger partial charge in [0.25, 0.3) is 5.69 Å². The lowest BCUT2D eigenvalue weighted by atomic mass is 9.87. The molecule has 1 saturated carbocycles. The van der Waals surface area contributed by atoms with E-state index in [1.54, 1.807) is 12.1 Å². The minimum Gasteiger partial charge on any atom is -0.376 e. The van der Waals surface area contributed by atoms with Crippen LogP contribution in [-0.2, 0) is 0 Å². The highest BCUT2D eigenvalue weighted by molar-refractivity contribution is 5.64. The second-order valence-corrected chi connectivity index (χ2v) is 5.68. The molecule has 0 heterocycles. The van der Waals surface area contributed by atoms with Gasteiger partial charge in [-0.25, -0.2) is 0 Å². The topological polar surface area (TPSA) is 79.0 Å². The molecule has 0 amide bonds. The van der Waals surface area contributed by atoms with E-state index in [9.17, 15) is 10.1 Å². The van der Waals surface area contributed by atoms with E-state index in [4.69, 9.17) is 5.26 Å². The second kappa shape index (κ2) is 4.88.